The van der Waals surface area contributed by atoms with Gasteiger partial charge in [0.2, 0.25) is 10.0 Å². The largest absolute Gasteiger partial charge is 0.481 e. The van der Waals surface area contributed by atoms with Crippen LogP contribution in [0.1, 0.15) is 33.6 Å². The van der Waals surface area contributed by atoms with Gasteiger partial charge in [-0.1, -0.05) is 32.9 Å². The molecular formula is C14H20BrNO4S. The van der Waals surface area contributed by atoms with E-state index in [9.17, 15) is 13.2 Å². The Morgan fingerprint density at radius 2 is 1.90 bits per heavy atom. The van der Waals surface area contributed by atoms with Crippen molar-refractivity contribution in [3.05, 3.63) is 28.7 Å². The van der Waals surface area contributed by atoms with Gasteiger partial charge in [-0.25, -0.2) is 13.1 Å². The third-order valence-electron chi connectivity index (χ3n) is 2.73. The van der Waals surface area contributed by atoms with Crippen LogP contribution in [-0.4, -0.2) is 25.5 Å². The van der Waals surface area contributed by atoms with Gasteiger partial charge in [0.1, 0.15) is 0 Å². The van der Waals surface area contributed by atoms with Crippen molar-refractivity contribution in [2.45, 2.75) is 44.6 Å². The molecular weight excluding hydrogens is 358 g/mol. The average Bonchev–Trinajstić information content (AvgIpc) is 2.24. The first-order valence-corrected chi connectivity index (χ1v) is 8.77. The molecule has 118 valence electrons. The third kappa shape index (κ3) is 6.15. The summed E-state index contributed by atoms with van der Waals surface area (Å²) in [5.41, 5.74) is -0.184. The lowest BCUT2D eigenvalue weighted by Crippen LogP contribution is -2.39. The number of hydrogen-bond acceptors (Lipinski definition) is 3. The van der Waals surface area contributed by atoms with E-state index >= 15 is 0 Å². The molecule has 0 aromatic heterocycles. The van der Waals surface area contributed by atoms with E-state index in [1.54, 1.807) is 18.2 Å². The van der Waals surface area contributed by atoms with Gasteiger partial charge in [0.25, 0.3) is 0 Å². The Hall–Kier alpha value is -0.920. The van der Waals surface area contributed by atoms with Crippen LogP contribution in [0.4, 0.5) is 0 Å². The molecule has 1 atom stereocenters. The number of benzene rings is 1. The SMILES string of the molecule is CC(C)(C)CC(CC(=O)O)NS(=O)(=O)c1ccccc1Br. The van der Waals surface area contributed by atoms with Gasteiger partial charge in [-0.2, -0.15) is 0 Å². The molecule has 0 saturated heterocycles. The molecule has 0 amide bonds. The van der Waals surface area contributed by atoms with Gasteiger partial charge in [0.15, 0.2) is 0 Å². The van der Waals surface area contributed by atoms with Crippen LogP contribution in [0.25, 0.3) is 0 Å². The van der Waals surface area contributed by atoms with Gasteiger partial charge in [0.05, 0.1) is 11.3 Å². The minimum Gasteiger partial charge on any atom is -0.481 e. The van der Waals surface area contributed by atoms with E-state index < -0.39 is 22.0 Å². The van der Waals surface area contributed by atoms with Crippen molar-refractivity contribution in [1.29, 1.82) is 0 Å². The summed E-state index contributed by atoms with van der Waals surface area (Å²) in [6.07, 6.45) is 0.184. The Balaban J connectivity index is 3.01. The van der Waals surface area contributed by atoms with Crippen LogP contribution in [0.2, 0.25) is 0 Å². The molecule has 0 aliphatic carbocycles. The van der Waals surface area contributed by atoms with E-state index in [0.29, 0.717) is 10.9 Å². The maximum Gasteiger partial charge on any atom is 0.304 e. The number of aliphatic carboxylic acids is 1. The summed E-state index contributed by atoms with van der Waals surface area (Å²) in [6.45, 7) is 5.82. The molecule has 0 spiro atoms. The predicted molar refractivity (Wildman–Crippen MR) is 84.6 cm³/mol. The first-order chi connectivity index (χ1) is 9.51. The highest BCUT2D eigenvalue weighted by Gasteiger charge is 2.27. The van der Waals surface area contributed by atoms with E-state index in [1.807, 2.05) is 20.8 Å². The Morgan fingerprint density at radius 3 is 2.38 bits per heavy atom. The molecule has 1 aromatic rings. The van der Waals surface area contributed by atoms with E-state index in [-0.39, 0.29) is 16.7 Å². The molecule has 21 heavy (non-hydrogen) atoms. The zero-order valence-electron chi connectivity index (χ0n) is 12.3. The highest BCUT2D eigenvalue weighted by molar-refractivity contribution is 9.10. The summed E-state index contributed by atoms with van der Waals surface area (Å²) in [6, 6.07) is 5.79. The fourth-order valence-corrected chi connectivity index (χ4v) is 4.29. The molecule has 2 N–H and O–H groups in total. The highest BCUT2D eigenvalue weighted by atomic mass is 79.9. The van der Waals surface area contributed by atoms with E-state index in [0.717, 1.165) is 0 Å². The lowest BCUT2D eigenvalue weighted by molar-refractivity contribution is -0.137. The van der Waals surface area contributed by atoms with Gasteiger partial charge in [-0.15, -0.1) is 0 Å². The molecule has 5 nitrogen and oxygen atoms in total. The second-order valence-corrected chi connectivity index (χ2v) is 8.65. The molecule has 0 saturated carbocycles. The third-order valence-corrected chi connectivity index (χ3v) is 5.26. The van der Waals surface area contributed by atoms with Crippen molar-refractivity contribution in [2.24, 2.45) is 5.41 Å². The number of rotatable bonds is 6. The smallest absolute Gasteiger partial charge is 0.304 e. The topological polar surface area (TPSA) is 83.5 Å². The van der Waals surface area contributed by atoms with Gasteiger partial charge in [-0.3, -0.25) is 4.79 Å². The van der Waals surface area contributed by atoms with Crippen LogP contribution in [0.3, 0.4) is 0 Å². The van der Waals surface area contributed by atoms with Crippen molar-refractivity contribution >= 4 is 31.9 Å². The lowest BCUT2D eigenvalue weighted by Gasteiger charge is -2.25. The number of carboxylic acid groups (broad SMARTS) is 1. The average molecular weight is 378 g/mol. The second kappa shape index (κ2) is 6.89. The number of carbonyl (C=O) groups is 1. The van der Waals surface area contributed by atoms with E-state index in [1.165, 1.54) is 6.07 Å². The molecule has 0 heterocycles. The fraction of sp³-hybridized carbons (Fsp3) is 0.500. The van der Waals surface area contributed by atoms with Crippen LogP contribution >= 0.6 is 15.9 Å². The van der Waals surface area contributed by atoms with Crippen LogP contribution in [0.5, 0.6) is 0 Å². The lowest BCUT2D eigenvalue weighted by atomic mass is 9.87. The number of halogens is 1. The first kappa shape index (κ1) is 18.1. The maximum absolute atomic E-state index is 12.4. The van der Waals surface area contributed by atoms with Crippen molar-refractivity contribution in [1.82, 2.24) is 4.72 Å². The molecule has 0 aliphatic rings. The van der Waals surface area contributed by atoms with Crippen molar-refractivity contribution < 1.29 is 18.3 Å². The minimum atomic E-state index is -3.77. The van der Waals surface area contributed by atoms with Crippen LogP contribution in [0.15, 0.2) is 33.6 Å². The molecule has 7 heteroatoms. The maximum atomic E-state index is 12.4. The molecule has 1 rings (SSSR count). The van der Waals surface area contributed by atoms with Gasteiger partial charge in [-0.05, 0) is 39.9 Å². The van der Waals surface area contributed by atoms with Crippen molar-refractivity contribution in [3.8, 4) is 0 Å². The standard InChI is InChI=1S/C14H20BrNO4S/c1-14(2,3)9-10(8-13(17)18)16-21(19,20)12-7-5-4-6-11(12)15/h4-7,10,16H,8-9H2,1-3H3,(H,17,18). The van der Waals surface area contributed by atoms with Crippen LogP contribution in [-0.2, 0) is 14.8 Å². The Morgan fingerprint density at radius 1 is 1.33 bits per heavy atom. The van der Waals surface area contributed by atoms with Gasteiger partial charge >= 0.3 is 5.97 Å². The number of hydrogen-bond donors (Lipinski definition) is 2. The molecule has 0 aliphatic heterocycles. The molecule has 1 aromatic carbocycles. The Bertz CT molecular complexity index is 608. The number of carboxylic acids is 1. The molecule has 0 bridgehead atoms. The second-order valence-electron chi connectivity index (χ2n) is 6.11. The summed E-state index contributed by atoms with van der Waals surface area (Å²) < 4.78 is 27.7. The highest BCUT2D eigenvalue weighted by Crippen LogP contribution is 2.25. The summed E-state index contributed by atoms with van der Waals surface area (Å²) in [7, 11) is -3.77. The predicted octanol–water partition coefficient (Wildman–Crippen LogP) is 3.01. The minimum absolute atomic E-state index is 0.106. The van der Waals surface area contributed by atoms with E-state index in [4.69, 9.17) is 5.11 Å². The molecule has 0 radical (unpaired) electrons. The number of nitrogens with one attached hydrogen (secondary N) is 1. The summed E-state index contributed by atoms with van der Waals surface area (Å²) in [5, 5.41) is 8.96. The number of sulfonamides is 1. The Labute approximate surface area is 133 Å². The summed E-state index contributed by atoms with van der Waals surface area (Å²) >= 11 is 3.20. The van der Waals surface area contributed by atoms with Crippen molar-refractivity contribution in [3.63, 3.8) is 0 Å². The summed E-state index contributed by atoms with van der Waals surface area (Å²) in [4.78, 5) is 11.0. The van der Waals surface area contributed by atoms with Crippen molar-refractivity contribution in [2.75, 3.05) is 0 Å². The zero-order chi connectivity index (χ0) is 16.3. The normalized spacial score (nSPS) is 13.9. The van der Waals surface area contributed by atoms with E-state index in [2.05, 4.69) is 20.7 Å². The van der Waals surface area contributed by atoms with Gasteiger partial charge in [0, 0.05) is 10.5 Å². The molecule has 1 unspecified atom stereocenters. The Kier molecular flexibility index (Phi) is 5.95. The van der Waals surface area contributed by atoms with Gasteiger partial charge < -0.3 is 5.11 Å². The van der Waals surface area contributed by atoms with Crippen LogP contribution < -0.4 is 4.72 Å². The quantitative estimate of drug-likeness (QED) is 0.797. The zero-order valence-corrected chi connectivity index (χ0v) is 14.7. The van der Waals surface area contributed by atoms with Crippen LogP contribution in [0, 0.1) is 5.41 Å². The summed E-state index contributed by atoms with van der Waals surface area (Å²) in [5.74, 6) is -1.03. The first-order valence-electron chi connectivity index (χ1n) is 6.50. The fourth-order valence-electron chi connectivity index (χ4n) is 2.05. The molecule has 0 fully saturated rings. The monoisotopic (exact) mass is 377 g/mol.